The Morgan fingerprint density at radius 3 is 2.57 bits per heavy atom. The van der Waals surface area contributed by atoms with Crippen molar-refractivity contribution < 1.29 is 0 Å². The Bertz CT molecular complexity index is 616. The number of rotatable bonds is 4. The van der Waals surface area contributed by atoms with Crippen LogP contribution >= 0.6 is 24.0 Å². The summed E-state index contributed by atoms with van der Waals surface area (Å²) in [6.07, 6.45) is 3.24. The number of thioether (sulfide) groups is 1. The fourth-order valence-corrected chi connectivity index (χ4v) is 2.42. The van der Waals surface area contributed by atoms with Gasteiger partial charge in [0.1, 0.15) is 0 Å². The van der Waals surface area contributed by atoms with Crippen molar-refractivity contribution in [2.75, 3.05) is 7.05 Å². The van der Waals surface area contributed by atoms with Crippen LogP contribution in [0.2, 0.25) is 0 Å². The van der Waals surface area contributed by atoms with E-state index in [-0.39, 0.29) is 5.84 Å². The summed E-state index contributed by atoms with van der Waals surface area (Å²) >= 11 is 6.86. The summed E-state index contributed by atoms with van der Waals surface area (Å²) in [4.78, 5) is 8.08. The predicted octanol–water partition coefficient (Wildman–Crippen LogP) is 2.25. The molecule has 7 heteroatoms. The first kappa shape index (κ1) is 15.4. The molecule has 0 bridgehead atoms. The van der Waals surface area contributed by atoms with Crippen LogP contribution in [-0.4, -0.2) is 32.2 Å². The minimum Gasteiger partial charge on any atom is -0.379 e. The molecule has 0 atom stereocenters. The van der Waals surface area contributed by atoms with Crippen LogP contribution < -0.4 is 5.73 Å². The molecule has 0 saturated carbocycles. The van der Waals surface area contributed by atoms with Crippen molar-refractivity contribution in [2.24, 2.45) is 10.8 Å². The third-order valence-electron chi connectivity index (χ3n) is 2.52. The number of hydrogen-bond donors (Lipinski definition) is 1. The highest BCUT2D eigenvalue weighted by Gasteiger charge is 2.07. The van der Waals surface area contributed by atoms with Gasteiger partial charge in [0.2, 0.25) is 0 Å². The van der Waals surface area contributed by atoms with Gasteiger partial charge in [0, 0.05) is 25.2 Å². The van der Waals surface area contributed by atoms with E-state index in [1.165, 1.54) is 17.3 Å². The average Bonchev–Trinajstić information content (AvgIpc) is 2.54. The standard InChI is InChI=1S/C14H15N5S2/c1-19(18-12(15)13-16-8-5-9-17-13)14(20)21-10-11-6-3-2-4-7-11/h2-9H,10H2,1H3,(H2,15,18). The van der Waals surface area contributed by atoms with Crippen molar-refractivity contribution in [3.05, 3.63) is 60.2 Å². The number of hydrogen-bond acceptors (Lipinski definition) is 5. The van der Waals surface area contributed by atoms with Crippen LogP contribution in [0.15, 0.2) is 53.9 Å². The molecule has 1 aromatic carbocycles. The van der Waals surface area contributed by atoms with Crippen molar-refractivity contribution in [1.29, 1.82) is 0 Å². The summed E-state index contributed by atoms with van der Waals surface area (Å²) < 4.78 is 0.637. The van der Waals surface area contributed by atoms with Gasteiger partial charge in [-0.1, -0.05) is 54.3 Å². The zero-order valence-electron chi connectivity index (χ0n) is 11.5. The summed E-state index contributed by atoms with van der Waals surface area (Å²) in [6.45, 7) is 0. The highest BCUT2D eigenvalue weighted by atomic mass is 32.2. The van der Waals surface area contributed by atoms with E-state index < -0.39 is 0 Å². The normalized spacial score (nSPS) is 11.2. The van der Waals surface area contributed by atoms with Gasteiger partial charge >= 0.3 is 0 Å². The topological polar surface area (TPSA) is 67.4 Å². The number of aromatic nitrogens is 2. The largest absolute Gasteiger partial charge is 0.379 e. The highest BCUT2D eigenvalue weighted by Crippen LogP contribution is 2.15. The van der Waals surface area contributed by atoms with Crippen LogP contribution in [-0.2, 0) is 5.75 Å². The Hall–Kier alpha value is -1.99. The molecule has 21 heavy (non-hydrogen) atoms. The molecule has 2 rings (SSSR count). The van der Waals surface area contributed by atoms with Crippen LogP contribution in [0.25, 0.3) is 0 Å². The van der Waals surface area contributed by atoms with Crippen molar-refractivity contribution in [2.45, 2.75) is 5.75 Å². The maximum atomic E-state index is 5.86. The number of benzene rings is 1. The minimum atomic E-state index is 0.237. The van der Waals surface area contributed by atoms with Crippen LogP contribution in [0.4, 0.5) is 0 Å². The molecule has 0 aliphatic carbocycles. The molecule has 2 aromatic rings. The van der Waals surface area contributed by atoms with Crippen LogP contribution in [0.1, 0.15) is 11.4 Å². The van der Waals surface area contributed by atoms with E-state index in [0.717, 1.165) is 5.75 Å². The van der Waals surface area contributed by atoms with Crippen molar-refractivity contribution >= 4 is 34.1 Å². The van der Waals surface area contributed by atoms with Gasteiger partial charge in [-0.15, -0.1) is 0 Å². The monoisotopic (exact) mass is 317 g/mol. The summed E-state index contributed by atoms with van der Waals surface area (Å²) in [5.41, 5.74) is 7.07. The summed E-state index contributed by atoms with van der Waals surface area (Å²) in [5, 5.41) is 5.76. The molecule has 1 heterocycles. The minimum absolute atomic E-state index is 0.237. The van der Waals surface area contributed by atoms with Crippen LogP contribution in [0.3, 0.4) is 0 Å². The molecule has 0 amide bonds. The summed E-state index contributed by atoms with van der Waals surface area (Å²) in [5.74, 6) is 1.42. The molecular formula is C14H15N5S2. The second-order valence-corrected chi connectivity index (χ2v) is 5.73. The number of nitrogens with two attached hydrogens (primary N) is 1. The number of hydrazone groups is 1. The number of amidine groups is 1. The van der Waals surface area contributed by atoms with E-state index in [4.69, 9.17) is 18.0 Å². The van der Waals surface area contributed by atoms with E-state index >= 15 is 0 Å². The van der Waals surface area contributed by atoms with E-state index in [9.17, 15) is 0 Å². The lowest BCUT2D eigenvalue weighted by atomic mass is 10.2. The zero-order chi connectivity index (χ0) is 15.1. The van der Waals surface area contributed by atoms with Crippen LogP contribution in [0.5, 0.6) is 0 Å². The molecule has 1 aromatic heterocycles. The second kappa shape index (κ2) is 7.70. The Morgan fingerprint density at radius 1 is 1.24 bits per heavy atom. The average molecular weight is 317 g/mol. The van der Waals surface area contributed by atoms with Gasteiger partial charge in [-0.2, -0.15) is 5.10 Å². The van der Waals surface area contributed by atoms with E-state index in [1.807, 2.05) is 18.2 Å². The molecule has 0 fully saturated rings. The Kier molecular flexibility index (Phi) is 5.65. The molecule has 0 spiro atoms. The van der Waals surface area contributed by atoms with Gasteiger partial charge in [-0.05, 0) is 11.6 Å². The summed E-state index contributed by atoms with van der Waals surface area (Å²) in [6, 6.07) is 11.8. The van der Waals surface area contributed by atoms with E-state index in [1.54, 1.807) is 30.5 Å². The number of nitrogens with zero attached hydrogens (tertiary/aromatic N) is 4. The first-order chi connectivity index (χ1) is 10.2. The van der Waals surface area contributed by atoms with Gasteiger partial charge in [0.15, 0.2) is 16.0 Å². The molecule has 0 aliphatic rings. The van der Waals surface area contributed by atoms with Crippen molar-refractivity contribution in [3.63, 3.8) is 0 Å². The quantitative estimate of drug-likeness (QED) is 0.404. The van der Waals surface area contributed by atoms with Crippen molar-refractivity contribution in [1.82, 2.24) is 15.0 Å². The Balaban J connectivity index is 1.93. The fourth-order valence-electron chi connectivity index (χ4n) is 1.49. The lowest BCUT2D eigenvalue weighted by molar-refractivity contribution is 0.563. The van der Waals surface area contributed by atoms with E-state index in [0.29, 0.717) is 10.1 Å². The van der Waals surface area contributed by atoms with Gasteiger partial charge in [0.05, 0.1) is 0 Å². The van der Waals surface area contributed by atoms with Gasteiger partial charge < -0.3 is 5.73 Å². The molecular weight excluding hydrogens is 302 g/mol. The molecule has 2 N–H and O–H groups in total. The Labute approximate surface area is 133 Å². The van der Waals surface area contributed by atoms with Gasteiger partial charge in [-0.25, -0.2) is 15.0 Å². The smallest absolute Gasteiger partial charge is 0.196 e. The highest BCUT2D eigenvalue weighted by molar-refractivity contribution is 8.22. The SMILES string of the molecule is CN(/N=C(\N)c1ncccn1)C(=S)SCc1ccccc1. The zero-order valence-corrected chi connectivity index (χ0v) is 13.1. The first-order valence-electron chi connectivity index (χ1n) is 6.22. The third-order valence-corrected chi connectivity index (χ3v) is 4.13. The van der Waals surface area contributed by atoms with Crippen molar-refractivity contribution in [3.8, 4) is 0 Å². The molecule has 0 radical (unpaired) electrons. The maximum absolute atomic E-state index is 5.86. The lowest BCUT2D eigenvalue weighted by Gasteiger charge is -2.14. The fraction of sp³-hybridized carbons (Fsp3) is 0.143. The second-order valence-electron chi connectivity index (χ2n) is 4.12. The predicted molar refractivity (Wildman–Crippen MR) is 90.9 cm³/mol. The Morgan fingerprint density at radius 2 is 1.90 bits per heavy atom. The lowest BCUT2D eigenvalue weighted by Crippen LogP contribution is -2.25. The molecule has 108 valence electrons. The third kappa shape index (κ3) is 4.80. The number of thiocarbonyl (C=S) groups is 1. The summed E-state index contributed by atoms with van der Waals surface area (Å²) in [7, 11) is 1.76. The molecule has 0 aliphatic heterocycles. The molecule has 0 saturated heterocycles. The van der Waals surface area contributed by atoms with Gasteiger partial charge in [-0.3, -0.25) is 0 Å². The first-order valence-corrected chi connectivity index (χ1v) is 7.62. The molecule has 0 unspecified atom stereocenters. The van der Waals surface area contributed by atoms with E-state index in [2.05, 4.69) is 27.2 Å². The maximum Gasteiger partial charge on any atom is 0.196 e. The van der Waals surface area contributed by atoms with Gasteiger partial charge in [0.25, 0.3) is 0 Å². The molecule has 5 nitrogen and oxygen atoms in total. The van der Waals surface area contributed by atoms with Crippen LogP contribution in [0, 0.1) is 0 Å².